The van der Waals surface area contributed by atoms with E-state index in [9.17, 15) is 4.79 Å². The number of nitrogens with one attached hydrogen (secondary N) is 1. The molecule has 2 rings (SSSR count). The standard InChI is InChI=1S/C20H25NO4/c1-5-25-18-9-7-6-8-17(18)21-20(22)12-14(2)16-11-10-15(23-3)13-19(16)24-4/h6-11,13-14H,5,12H2,1-4H3,(H,21,22). The number of para-hydroxylation sites is 2. The van der Waals surface area contributed by atoms with Gasteiger partial charge in [-0.1, -0.05) is 25.1 Å². The van der Waals surface area contributed by atoms with Gasteiger partial charge >= 0.3 is 0 Å². The Bertz CT molecular complexity index is 715. The maximum Gasteiger partial charge on any atom is 0.225 e. The Morgan fingerprint density at radius 2 is 1.84 bits per heavy atom. The number of carbonyl (C=O) groups excluding carboxylic acids is 1. The lowest BCUT2D eigenvalue weighted by Crippen LogP contribution is -2.15. The van der Waals surface area contributed by atoms with Gasteiger partial charge in [-0.05, 0) is 36.6 Å². The van der Waals surface area contributed by atoms with Gasteiger partial charge in [-0.3, -0.25) is 4.79 Å². The minimum atomic E-state index is -0.0717. The molecule has 0 aromatic heterocycles. The van der Waals surface area contributed by atoms with Crippen LogP contribution in [0.25, 0.3) is 0 Å². The van der Waals surface area contributed by atoms with E-state index in [1.165, 1.54) is 0 Å². The van der Waals surface area contributed by atoms with Crippen LogP contribution in [-0.4, -0.2) is 26.7 Å². The topological polar surface area (TPSA) is 56.8 Å². The van der Waals surface area contributed by atoms with E-state index < -0.39 is 0 Å². The van der Waals surface area contributed by atoms with Gasteiger partial charge in [-0.2, -0.15) is 0 Å². The van der Waals surface area contributed by atoms with E-state index in [1.54, 1.807) is 14.2 Å². The van der Waals surface area contributed by atoms with Crippen molar-refractivity contribution in [2.45, 2.75) is 26.2 Å². The molecule has 0 saturated carbocycles. The van der Waals surface area contributed by atoms with Gasteiger partial charge in [0.2, 0.25) is 5.91 Å². The Balaban J connectivity index is 2.08. The third kappa shape index (κ3) is 4.89. The lowest BCUT2D eigenvalue weighted by Gasteiger charge is -2.17. The van der Waals surface area contributed by atoms with Crippen LogP contribution in [0.2, 0.25) is 0 Å². The van der Waals surface area contributed by atoms with Crippen LogP contribution in [0.1, 0.15) is 31.7 Å². The van der Waals surface area contributed by atoms with E-state index in [0.29, 0.717) is 24.5 Å². The highest BCUT2D eigenvalue weighted by Gasteiger charge is 2.17. The smallest absolute Gasteiger partial charge is 0.225 e. The van der Waals surface area contributed by atoms with Crippen LogP contribution in [0, 0.1) is 0 Å². The van der Waals surface area contributed by atoms with Crippen molar-refractivity contribution in [3.63, 3.8) is 0 Å². The van der Waals surface area contributed by atoms with E-state index in [1.807, 2.05) is 56.3 Å². The van der Waals surface area contributed by atoms with Gasteiger partial charge in [0.25, 0.3) is 0 Å². The quantitative estimate of drug-likeness (QED) is 0.779. The molecule has 0 aliphatic carbocycles. The number of anilines is 1. The summed E-state index contributed by atoms with van der Waals surface area (Å²) in [6.07, 6.45) is 0.336. The SMILES string of the molecule is CCOc1ccccc1NC(=O)CC(C)c1ccc(OC)cc1OC. The molecule has 1 unspecified atom stereocenters. The number of hydrogen-bond acceptors (Lipinski definition) is 4. The Morgan fingerprint density at radius 3 is 2.52 bits per heavy atom. The van der Waals surface area contributed by atoms with Crippen LogP contribution < -0.4 is 19.5 Å². The first-order valence-corrected chi connectivity index (χ1v) is 8.32. The molecule has 1 atom stereocenters. The highest BCUT2D eigenvalue weighted by atomic mass is 16.5. The molecule has 1 amide bonds. The zero-order chi connectivity index (χ0) is 18.2. The van der Waals surface area contributed by atoms with Gasteiger partial charge in [0.05, 0.1) is 26.5 Å². The van der Waals surface area contributed by atoms with E-state index in [0.717, 1.165) is 17.1 Å². The second-order valence-corrected chi connectivity index (χ2v) is 5.69. The Kier molecular flexibility index (Phi) is 6.69. The molecule has 1 N–H and O–H groups in total. The van der Waals surface area contributed by atoms with Crippen LogP contribution in [0.15, 0.2) is 42.5 Å². The van der Waals surface area contributed by atoms with Crippen LogP contribution in [0.3, 0.4) is 0 Å². The summed E-state index contributed by atoms with van der Waals surface area (Å²) in [5.74, 6) is 2.04. The van der Waals surface area contributed by atoms with Gasteiger partial charge in [0.15, 0.2) is 0 Å². The minimum absolute atomic E-state index is 0.000104. The van der Waals surface area contributed by atoms with Crippen molar-refractivity contribution in [3.8, 4) is 17.2 Å². The molecule has 0 aliphatic heterocycles. The first-order valence-electron chi connectivity index (χ1n) is 8.32. The first kappa shape index (κ1) is 18.6. The Labute approximate surface area is 148 Å². The highest BCUT2D eigenvalue weighted by Crippen LogP contribution is 2.32. The zero-order valence-corrected chi connectivity index (χ0v) is 15.2. The summed E-state index contributed by atoms with van der Waals surface area (Å²) >= 11 is 0. The second kappa shape index (κ2) is 8.97. The molecule has 0 radical (unpaired) electrons. The second-order valence-electron chi connectivity index (χ2n) is 5.69. The molecule has 5 nitrogen and oxygen atoms in total. The fraction of sp³-hybridized carbons (Fsp3) is 0.350. The summed E-state index contributed by atoms with van der Waals surface area (Å²) < 4.78 is 16.2. The predicted molar refractivity (Wildman–Crippen MR) is 98.8 cm³/mol. The van der Waals surface area contributed by atoms with Gasteiger partial charge < -0.3 is 19.5 Å². The number of rotatable bonds is 8. The van der Waals surface area contributed by atoms with E-state index >= 15 is 0 Å². The maximum absolute atomic E-state index is 12.4. The number of hydrogen-bond donors (Lipinski definition) is 1. The maximum atomic E-state index is 12.4. The zero-order valence-electron chi connectivity index (χ0n) is 15.2. The summed E-state index contributed by atoms with van der Waals surface area (Å²) in [7, 11) is 3.23. The molecule has 134 valence electrons. The lowest BCUT2D eigenvalue weighted by molar-refractivity contribution is -0.116. The lowest BCUT2D eigenvalue weighted by atomic mass is 9.96. The van der Waals surface area contributed by atoms with Gasteiger partial charge in [0.1, 0.15) is 17.2 Å². The average Bonchev–Trinajstić information content (AvgIpc) is 2.62. The van der Waals surface area contributed by atoms with Crippen molar-refractivity contribution in [1.82, 2.24) is 0 Å². The predicted octanol–water partition coefficient (Wildman–Crippen LogP) is 4.23. The number of carbonyl (C=O) groups is 1. The van der Waals surface area contributed by atoms with Crippen molar-refractivity contribution in [2.75, 3.05) is 26.1 Å². The molecule has 2 aromatic rings. The number of amides is 1. The summed E-state index contributed by atoms with van der Waals surface area (Å²) in [4.78, 5) is 12.4. The third-order valence-electron chi connectivity index (χ3n) is 3.92. The molecule has 0 spiro atoms. The van der Waals surface area contributed by atoms with E-state index in [-0.39, 0.29) is 11.8 Å². The van der Waals surface area contributed by atoms with Gasteiger partial charge in [-0.25, -0.2) is 0 Å². The molecule has 0 bridgehead atoms. The molecule has 2 aromatic carbocycles. The number of benzene rings is 2. The van der Waals surface area contributed by atoms with Crippen LogP contribution in [0.4, 0.5) is 5.69 Å². The van der Waals surface area contributed by atoms with Crippen molar-refractivity contribution in [2.24, 2.45) is 0 Å². The van der Waals surface area contributed by atoms with Crippen LogP contribution >= 0.6 is 0 Å². The highest BCUT2D eigenvalue weighted by molar-refractivity contribution is 5.92. The molecule has 0 heterocycles. The fourth-order valence-corrected chi connectivity index (χ4v) is 2.67. The van der Waals surface area contributed by atoms with Crippen LogP contribution in [0.5, 0.6) is 17.2 Å². The summed E-state index contributed by atoms with van der Waals surface area (Å²) in [6, 6.07) is 13.1. The van der Waals surface area contributed by atoms with Gasteiger partial charge in [0, 0.05) is 12.5 Å². The number of methoxy groups -OCH3 is 2. The van der Waals surface area contributed by atoms with Crippen molar-refractivity contribution in [3.05, 3.63) is 48.0 Å². The monoisotopic (exact) mass is 343 g/mol. The number of ether oxygens (including phenoxy) is 3. The normalized spacial score (nSPS) is 11.5. The Morgan fingerprint density at radius 1 is 1.08 bits per heavy atom. The largest absolute Gasteiger partial charge is 0.497 e. The molecule has 0 saturated heterocycles. The van der Waals surface area contributed by atoms with Crippen LogP contribution in [-0.2, 0) is 4.79 Å². The summed E-state index contributed by atoms with van der Waals surface area (Å²) in [6.45, 7) is 4.46. The molecule has 0 aliphatic rings. The summed E-state index contributed by atoms with van der Waals surface area (Å²) in [5, 5.41) is 2.93. The molecular weight excluding hydrogens is 318 g/mol. The van der Waals surface area contributed by atoms with Crippen molar-refractivity contribution >= 4 is 11.6 Å². The van der Waals surface area contributed by atoms with Gasteiger partial charge in [-0.15, -0.1) is 0 Å². The van der Waals surface area contributed by atoms with E-state index in [4.69, 9.17) is 14.2 Å². The third-order valence-corrected chi connectivity index (χ3v) is 3.92. The van der Waals surface area contributed by atoms with Crippen molar-refractivity contribution < 1.29 is 19.0 Å². The molecule has 0 fully saturated rings. The molecule has 25 heavy (non-hydrogen) atoms. The molecule has 5 heteroatoms. The van der Waals surface area contributed by atoms with E-state index in [2.05, 4.69) is 5.32 Å². The first-order chi connectivity index (χ1) is 12.1. The summed E-state index contributed by atoms with van der Waals surface area (Å²) in [5.41, 5.74) is 1.65. The average molecular weight is 343 g/mol. The van der Waals surface area contributed by atoms with Crippen molar-refractivity contribution in [1.29, 1.82) is 0 Å². The fourth-order valence-electron chi connectivity index (χ4n) is 2.67. The Hall–Kier alpha value is -2.69. The molecular formula is C20H25NO4. The minimum Gasteiger partial charge on any atom is -0.497 e.